The van der Waals surface area contributed by atoms with Crippen molar-refractivity contribution < 1.29 is 14.1 Å². The highest BCUT2D eigenvalue weighted by molar-refractivity contribution is 7.85. The number of nitrogens with zero attached hydrogens (tertiary/aromatic N) is 3. The van der Waals surface area contributed by atoms with E-state index >= 15 is 0 Å². The van der Waals surface area contributed by atoms with E-state index in [-0.39, 0.29) is 18.2 Å². The lowest BCUT2D eigenvalue weighted by Crippen LogP contribution is -2.48. The molecule has 7 nitrogen and oxygen atoms in total. The molecule has 2 aliphatic rings. The number of pyridine rings is 1. The average Bonchev–Trinajstić information content (AvgIpc) is 3.08. The third-order valence-corrected chi connectivity index (χ3v) is 7.25. The number of hydrogen-bond donors (Lipinski definition) is 2. The smallest absolute Gasteiger partial charge is 0.321 e. The maximum Gasteiger partial charge on any atom is 0.321 e. The number of aliphatic hydroxyl groups is 1. The molecule has 5 rings (SSSR count). The molecule has 1 atom stereocenters. The summed E-state index contributed by atoms with van der Waals surface area (Å²) in [6, 6.07) is 5.79. The zero-order valence-corrected chi connectivity index (χ0v) is 17.1. The van der Waals surface area contributed by atoms with Gasteiger partial charge in [0.2, 0.25) is 0 Å². The summed E-state index contributed by atoms with van der Waals surface area (Å²) < 4.78 is 18.4. The fraction of sp³-hybridized carbons (Fsp3) is 0.350. The van der Waals surface area contributed by atoms with Gasteiger partial charge in [0.1, 0.15) is 11.6 Å². The normalized spacial score (nSPS) is 19.6. The Morgan fingerprint density at radius 2 is 2.07 bits per heavy atom. The number of benzene rings is 1. The van der Waals surface area contributed by atoms with Crippen LogP contribution >= 0.6 is 11.6 Å². The van der Waals surface area contributed by atoms with Crippen LogP contribution in [0.3, 0.4) is 0 Å². The standard InChI is InChI=1S/C20H19ClN4O3S/c21-12-9-22-19(23-10-12)28-13-2-3-14-15-4-7-29(27)17(15)18(24-16(14)8-13)25-20(11-26)5-1-6-20/h2-3,8-10,26H,1,4-7,11H2,(H,24,25)/t29-/m1/s1. The quantitative estimate of drug-likeness (QED) is 0.639. The summed E-state index contributed by atoms with van der Waals surface area (Å²) in [6.45, 7) is 0.0329. The number of aromatic nitrogens is 3. The van der Waals surface area contributed by atoms with Crippen molar-refractivity contribution in [3.8, 4) is 11.8 Å². The van der Waals surface area contributed by atoms with Gasteiger partial charge < -0.3 is 15.2 Å². The molecule has 1 aliphatic heterocycles. The number of halogens is 1. The third-order valence-electron chi connectivity index (χ3n) is 5.58. The molecule has 0 saturated heterocycles. The Labute approximate surface area is 175 Å². The van der Waals surface area contributed by atoms with Crippen molar-refractivity contribution in [1.82, 2.24) is 15.0 Å². The van der Waals surface area contributed by atoms with Gasteiger partial charge in [-0.25, -0.2) is 15.0 Å². The van der Waals surface area contributed by atoms with Crippen LogP contribution in [-0.2, 0) is 17.2 Å². The van der Waals surface area contributed by atoms with E-state index in [9.17, 15) is 9.32 Å². The summed E-state index contributed by atoms with van der Waals surface area (Å²) in [6.07, 6.45) is 6.50. The molecule has 3 heterocycles. The second kappa shape index (κ2) is 7.19. The Kier molecular flexibility index (Phi) is 4.64. The largest absolute Gasteiger partial charge is 0.424 e. The van der Waals surface area contributed by atoms with E-state index in [1.807, 2.05) is 18.2 Å². The zero-order valence-electron chi connectivity index (χ0n) is 15.5. The Morgan fingerprint density at radius 1 is 1.28 bits per heavy atom. The van der Waals surface area contributed by atoms with Crippen LogP contribution in [0.5, 0.6) is 11.8 Å². The van der Waals surface area contributed by atoms with Crippen LogP contribution in [0.15, 0.2) is 35.5 Å². The molecule has 0 unspecified atom stereocenters. The Morgan fingerprint density at radius 3 is 2.76 bits per heavy atom. The van der Waals surface area contributed by atoms with Gasteiger partial charge in [0, 0.05) is 17.2 Å². The molecule has 3 aromatic rings. The van der Waals surface area contributed by atoms with Crippen LogP contribution in [0.4, 0.5) is 5.82 Å². The number of hydrogen-bond acceptors (Lipinski definition) is 7. The Balaban J connectivity index is 1.56. The van der Waals surface area contributed by atoms with Crippen molar-refractivity contribution in [3.63, 3.8) is 0 Å². The summed E-state index contributed by atoms with van der Waals surface area (Å²) in [4.78, 5) is 13.6. The highest BCUT2D eigenvalue weighted by Gasteiger charge is 2.38. The third kappa shape index (κ3) is 3.35. The predicted octanol–water partition coefficient (Wildman–Crippen LogP) is 3.46. The lowest BCUT2D eigenvalue weighted by Gasteiger charge is -2.41. The van der Waals surface area contributed by atoms with Crippen LogP contribution in [0.2, 0.25) is 5.02 Å². The number of ether oxygens (including phenoxy) is 1. The molecule has 0 amide bonds. The molecular weight excluding hydrogens is 412 g/mol. The van der Waals surface area contributed by atoms with E-state index < -0.39 is 10.8 Å². The number of rotatable bonds is 5. The van der Waals surface area contributed by atoms with Gasteiger partial charge in [-0.1, -0.05) is 11.6 Å². The Bertz CT molecular complexity index is 1110. The highest BCUT2D eigenvalue weighted by Crippen LogP contribution is 2.40. The summed E-state index contributed by atoms with van der Waals surface area (Å²) in [7, 11) is -1.09. The van der Waals surface area contributed by atoms with Crippen molar-refractivity contribution >= 4 is 39.1 Å². The number of nitrogens with one attached hydrogen (secondary N) is 1. The molecular formula is C20H19ClN4O3S. The van der Waals surface area contributed by atoms with Crippen LogP contribution in [0.25, 0.3) is 10.9 Å². The molecule has 2 N–H and O–H groups in total. The summed E-state index contributed by atoms with van der Waals surface area (Å²) in [5.41, 5.74) is 1.42. The lowest BCUT2D eigenvalue weighted by molar-refractivity contribution is 0.143. The van der Waals surface area contributed by atoms with E-state index in [0.717, 1.165) is 47.0 Å². The van der Waals surface area contributed by atoms with Crippen molar-refractivity contribution in [1.29, 1.82) is 0 Å². The molecule has 2 aromatic heterocycles. The molecule has 29 heavy (non-hydrogen) atoms. The first kappa shape index (κ1) is 18.7. The summed E-state index contributed by atoms with van der Waals surface area (Å²) >= 11 is 5.82. The molecule has 1 saturated carbocycles. The second-order valence-electron chi connectivity index (χ2n) is 7.45. The highest BCUT2D eigenvalue weighted by atomic mass is 35.5. The number of aryl methyl sites for hydroxylation is 1. The molecule has 150 valence electrons. The van der Waals surface area contributed by atoms with E-state index in [2.05, 4.69) is 15.3 Å². The summed E-state index contributed by atoms with van der Waals surface area (Å²) in [5, 5.41) is 14.7. The van der Waals surface area contributed by atoms with E-state index in [1.54, 1.807) is 0 Å². The van der Waals surface area contributed by atoms with E-state index in [0.29, 0.717) is 22.3 Å². The fourth-order valence-corrected chi connectivity index (χ4v) is 5.36. The van der Waals surface area contributed by atoms with Gasteiger partial charge in [-0.3, -0.25) is 4.21 Å². The van der Waals surface area contributed by atoms with E-state index in [1.165, 1.54) is 12.4 Å². The van der Waals surface area contributed by atoms with Gasteiger partial charge in [0.05, 0.1) is 50.8 Å². The maximum absolute atomic E-state index is 12.7. The minimum absolute atomic E-state index is 0.0329. The molecule has 1 aliphatic carbocycles. The van der Waals surface area contributed by atoms with Crippen LogP contribution < -0.4 is 10.1 Å². The van der Waals surface area contributed by atoms with Crippen molar-refractivity contribution in [2.75, 3.05) is 17.7 Å². The summed E-state index contributed by atoms with van der Waals surface area (Å²) in [5.74, 6) is 1.75. The second-order valence-corrected chi connectivity index (χ2v) is 9.39. The van der Waals surface area contributed by atoms with Crippen LogP contribution in [-0.4, -0.2) is 42.2 Å². The fourth-order valence-electron chi connectivity index (χ4n) is 3.87. The molecule has 0 radical (unpaired) electrons. The van der Waals surface area contributed by atoms with Crippen molar-refractivity contribution in [2.24, 2.45) is 0 Å². The van der Waals surface area contributed by atoms with Gasteiger partial charge in [0.15, 0.2) is 0 Å². The monoisotopic (exact) mass is 430 g/mol. The first-order valence-corrected chi connectivity index (χ1v) is 11.2. The topological polar surface area (TPSA) is 97.2 Å². The Hall–Kier alpha value is -2.29. The molecule has 0 spiro atoms. The number of anilines is 1. The van der Waals surface area contributed by atoms with Gasteiger partial charge in [0.25, 0.3) is 0 Å². The van der Waals surface area contributed by atoms with Gasteiger partial charge >= 0.3 is 6.01 Å². The molecule has 0 bridgehead atoms. The first-order chi connectivity index (χ1) is 14.1. The zero-order chi connectivity index (χ0) is 20.0. The number of aliphatic hydroxyl groups excluding tert-OH is 1. The first-order valence-electron chi connectivity index (χ1n) is 9.46. The van der Waals surface area contributed by atoms with Crippen molar-refractivity contribution in [2.45, 2.75) is 36.1 Å². The molecule has 1 fully saturated rings. The van der Waals surface area contributed by atoms with Gasteiger partial charge in [-0.05, 0) is 43.4 Å². The van der Waals surface area contributed by atoms with Crippen LogP contribution in [0.1, 0.15) is 24.8 Å². The molecule has 1 aromatic carbocycles. The van der Waals surface area contributed by atoms with Gasteiger partial charge in [-0.2, -0.15) is 0 Å². The minimum Gasteiger partial charge on any atom is -0.424 e. The molecule has 9 heteroatoms. The average molecular weight is 431 g/mol. The SMILES string of the molecule is O=[S@@]1CCc2c1c(NC1(CO)CCC1)nc1cc(Oc3ncc(Cl)cn3)ccc21. The maximum atomic E-state index is 12.7. The predicted molar refractivity (Wildman–Crippen MR) is 111 cm³/mol. The van der Waals surface area contributed by atoms with Crippen LogP contribution in [0, 0.1) is 0 Å². The number of fused-ring (bicyclic) bond motifs is 3. The van der Waals surface area contributed by atoms with Crippen molar-refractivity contribution in [3.05, 3.63) is 41.2 Å². The minimum atomic E-state index is -1.09. The van der Waals surface area contributed by atoms with Gasteiger partial charge in [-0.15, -0.1) is 0 Å². The van der Waals surface area contributed by atoms with E-state index in [4.69, 9.17) is 21.3 Å². The lowest BCUT2D eigenvalue weighted by atomic mass is 9.77.